The van der Waals surface area contributed by atoms with Crippen LogP contribution >= 0.6 is 0 Å². The minimum Gasteiger partial charge on any atom is -0.476 e. The molecular weight excluding hydrogens is 270 g/mol. The lowest BCUT2D eigenvalue weighted by molar-refractivity contribution is 0.0620. The normalized spacial score (nSPS) is 15.7. The predicted molar refractivity (Wildman–Crippen MR) is 75.1 cm³/mol. The van der Waals surface area contributed by atoms with E-state index >= 15 is 0 Å². The van der Waals surface area contributed by atoms with Crippen LogP contribution in [0.25, 0.3) is 0 Å². The Morgan fingerprint density at radius 1 is 1.29 bits per heavy atom. The topological polar surface area (TPSA) is 75.4 Å². The van der Waals surface area contributed by atoms with Crippen molar-refractivity contribution in [2.24, 2.45) is 0 Å². The van der Waals surface area contributed by atoms with E-state index in [1.165, 1.54) is 10.7 Å². The molecule has 0 aliphatic carbocycles. The van der Waals surface area contributed by atoms with Crippen LogP contribution < -0.4 is 0 Å². The summed E-state index contributed by atoms with van der Waals surface area (Å²) in [5.74, 6) is -1.30. The highest BCUT2D eigenvalue weighted by molar-refractivity contribution is 5.96. The number of hydrogen-bond acceptors (Lipinski definition) is 3. The number of aromatic carboxylic acids is 1. The summed E-state index contributed by atoms with van der Waals surface area (Å²) in [5.41, 5.74) is 1.30. The molecule has 1 aromatic heterocycles. The maximum Gasteiger partial charge on any atom is 0.356 e. The fraction of sp³-hybridized carbons (Fsp3) is 0.267. The molecule has 0 saturated heterocycles. The molecule has 0 fully saturated rings. The van der Waals surface area contributed by atoms with E-state index in [9.17, 15) is 9.59 Å². The Morgan fingerprint density at radius 2 is 2.00 bits per heavy atom. The summed E-state index contributed by atoms with van der Waals surface area (Å²) in [4.78, 5) is 25.2. The highest BCUT2D eigenvalue weighted by Gasteiger charge is 2.31. The van der Waals surface area contributed by atoms with E-state index in [-0.39, 0.29) is 17.6 Å². The van der Waals surface area contributed by atoms with Crippen molar-refractivity contribution in [1.29, 1.82) is 0 Å². The minimum absolute atomic E-state index is 0.0596. The third kappa shape index (κ3) is 2.29. The fourth-order valence-electron chi connectivity index (χ4n) is 2.60. The Morgan fingerprint density at radius 3 is 2.67 bits per heavy atom. The van der Waals surface area contributed by atoms with Crippen LogP contribution in [0.2, 0.25) is 0 Å². The Hall–Kier alpha value is -2.63. The molecular formula is C15H15N3O3. The predicted octanol–water partition coefficient (Wildman–Crippen LogP) is 1.80. The van der Waals surface area contributed by atoms with Crippen molar-refractivity contribution in [1.82, 2.24) is 14.7 Å². The van der Waals surface area contributed by atoms with Gasteiger partial charge in [0.1, 0.15) is 5.69 Å². The molecule has 0 saturated carbocycles. The van der Waals surface area contributed by atoms with Crippen LogP contribution in [0.4, 0.5) is 0 Å². The molecule has 1 unspecified atom stereocenters. The van der Waals surface area contributed by atoms with E-state index in [1.807, 2.05) is 37.3 Å². The molecule has 3 rings (SSSR count). The van der Waals surface area contributed by atoms with Crippen molar-refractivity contribution in [3.63, 3.8) is 0 Å². The number of hydrogen-bond donors (Lipinski definition) is 1. The van der Waals surface area contributed by atoms with Gasteiger partial charge in [-0.3, -0.25) is 9.48 Å². The zero-order chi connectivity index (χ0) is 15.0. The van der Waals surface area contributed by atoms with Gasteiger partial charge in [-0.05, 0) is 12.5 Å². The van der Waals surface area contributed by atoms with Crippen molar-refractivity contribution in [2.45, 2.75) is 19.5 Å². The SMILES string of the molecule is CC(c1ccccc1)N1CCn2nc(C(=O)O)cc2C1=O. The Kier molecular flexibility index (Phi) is 3.21. The van der Waals surface area contributed by atoms with Gasteiger partial charge in [0.15, 0.2) is 5.69 Å². The highest BCUT2D eigenvalue weighted by atomic mass is 16.4. The Labute approximate surface area is 121 Å². The fourth-order valence-corrected chi connectivity index (χ4v) is 2.60. The summed E-state index contributed by atoms with van der Waals surface area (Å²) in [5, 5.41) is 12.9. The van der Waals surface area contributed by atoms with Crippen molar-refractivity contribution >= 4 is 11.9 Å². The average molecular weight is 285 g/mol. The van der Waals surface area contributed by atoms with Crippen molar-refractivity contribution in [3.8, 4) is 0 Å². The first kappa shape index (κ1) is 13.4. The zero-order valence-electron chi connectivity index (χ0n) is 11.6. The van der Waals surface area contributed by atoms with E-state index in [0.29, 0.717) is 18.8 Å². The second kappa shape index (κ2) is 5.05. The molecule has 21 heavy (non-hydrogen) atoms. The third-order valence-corrected chi connectivity index (χ3v) is 3.78. The molecule has 108 valence electrons. The van der Waals surface area contributed by atoms with Gasteiger partial charge >= 0.3 is 5.97 Å². The van der Waals surface area contributed by atoms with Gasteiger partial charge in [-0.15, -0.1) is 0 Å². The number of carboxylic acid groups (broad SMARTS) is 1. The minimum atomic E-state index is -1.12. The number of fused-ring (bicyclic) bond motifs is 1. The van der Waals surface area contributed by atoms with Gasteiger partial charge in [-0.25, -0.2) is 4.79 Å². The summed E-state index contributed by atoms with van der Waals surface area (Å²) < 4.78 is 1.47. The number of aromatic nitrogens is 2. The lowest BCUT2D eigenvalue weighted by Gasteiger charge is -2.33. The number of carbonyl (C=O) groups is 2. The summed E-state index contributed by atoms with van der Waals surface area (Å²) in [6.07, 6.45) is 0. The molecule has 0 spiro atoms. The van der Waals surface area contributed by atoms with Gasteiger partial charge in [0.2, 0.25) is 0 Å². The van der Waals surface area contributed by atoms with Gasteiger partial charge in [0.25, 0.3) is 5.91 Å². The Bertz CT molecular complexity index is 693. The summed E-state index contributed by atoms with van der Waals surface area (Å²) in [6.45, 7) is 2.99. The van der Waals surface area contributed by atoms with Crippen LogP contribution in [0.5, 0.6) is 0 Å². The van der Waals surface area contributed by atoms with Crippen LogP contribution in [-0.2, 0) is 6.54 Å². The second-order valence-corrected chi connectivity index (χ2v) is 5.03. The van der Waals surface area contributed by atoms with E-state index in [2.05, 4.69) is 5.10 Å². The van der Waals surface area contributed by atoms with Crippen molar-refractivity contribution in [3.05, 3.63) is 53.3 Å². The lowest BCUT2D eigenvalue weighted by Crippen LogP contribution is -2.41. The summed E-state index contributed by atoms with van der Waals surface area (Å²) in [7, 11) is 0. The molecule has 0 radical (unpaired) electrons. The first-order chi connectivity index (χ1) is 10.1. The lowest BCUT2D eigenvalue weighted by atomic mass is 10.1. The van der Waals surface area contributed by atoms with E-state index in [1.54, 1.807) is 4.90 Å². The van der Waals surface area contributed by atoms with Gasteiger partial charge in [0.05, 0.1) is 12.6 Å². The molecule has 6 heteroatoms. The second-order valence-electron chi connectivity index (χ2n) is 5.03. The zero-order valence-corrected chi connectivity index (χ0v) is 11.6. The number of carboxylic acids is 1. The molecule has 1 aliphatic rings. The largest absolute Gasteiger partial charge is 0.476 e. The summed E-state index contributed by atoms with van der Waals surface area (Å²) >= 11 is 0. The van der Waals surface area contributed by atoms with Crippen molar-refractivity contribution < 1.29 is 14.7 Å². The smallest absolute Gasteiger partial charge is 0.356 e. The van der Waals surface area contributed by atoms with Crippen molar-refractivity contribution in [2.75, 3.05) is 6.54 Å². The molecule has 1 amide bonds. The van der Waals surface area contributed by atoms with Crippen LogP contribution in [0, 0.1) is 0 Å². The number of benzene rings is 1. The third-order valence-electron chi connectivity index (χ3n) is 3.78. The first-order valence-corrected chi connectivity index (χ1v) is 6.75. The highest BCUT2D eigenvalue weighted by Crippen LogP contribution is 2.25. The van der Waals surface area contributed by atoms with Crippen LogP contribution in [0.3, 0.4) is 0 Å². The number of carbonyl (C=O) groups excluding carboxylic acids is 1. The molecule has 1 N–H and O–H groups in total. The number of nitrogens with zero attached hydrogens (tertiary/aromatic N) is 3. The van der Waals surface area contributed by atoms with Crippen LogP contribution in [0.1, 0.15) is 39.5 Å². The molecule has 2 aromatic rings. The van der Waals surface area contributed by atoms with Gasteiger partial charge in [-0.1, -0.05) is 30.3 Å². The first-order valence-electron chi connectivity index (χ1n) is 6.75. The molecule has 1 atom stereocenters. The molecule has 0 bridgehead atoms. The summed E-state index contributed by atoms with van der Waals surface area (Å²) in [6, 6.07) is 11.0. The maximum absolute atomic E-state index is 12.5. The standard InChI is InChI=1S/C15H15N3O3/c1-10(11-5-3-2-4-6-11)17-7-8-18-13(14(17)19)9-12(16-18)15(20)21/h2-6,9-10H,7-8H2,1H3,(H,20,21). The van der Waals surface area contributed by atoms with Gasteiger partial charge < -0.3 is 10.0 Å². The average Bonchev–Trinajstić information content (AvgIpc) is 2.93. The molecule has 6 nitrogen and oxygen atoms in total. The molecule has 1 aliphatic heterocycles. The van der Waals surface area contributed by atoms with Crippen LogP contribution in [-0.4, -0.2) is 38.2 Å². The van der Waals surface area contributed by atoms with E-state index in [4.69, 9.17) is 5.11 Å². The van der Waals surface area contributed by atoms with E-state index < -0.39 is 5.97 Å². The molecule has 1 aromatic carbocycles. The molecule has 2 heterocycles. The van der Waals surface area contributed by atoms with Gasteiger partial charge in [0, 0.05) is 12.6 Å². The number of amides is 1. The van der Waals surface area contributed by atoms with Gasteiger partial charge in [-0.2, -0.15) is 5.10 Å². The Balaban J connectivity index is 1.90. The van der Waals surface area contributed by atoms with E-state index in [0.717, 1.165) is 5.56 Å². The van der Waals surface area contributed by atoms with Crippen LogP contribution in [0.15, 0.2) is 36.4 Å². The monoisotopic (exact) mass is 285 g/mol. The quantitative estimate of drug-likeness (QED) is 0.933. The number of rotatable bonds is 3. The maximum atomic E-state index is 12.5.